The number of nitrogens with one attached hydrogen (secondary N) is 1. The summed E-state index contributed by atoms with van der Waals surface area (Å²) in [6.45, 7) is -0.350. The van der Waals surface area contributed by atoms with E-state index >= 15 is 0 Å². The second-order valence-electron chi connectivity index (χ2n) is 2.39. The van der Waals surface area contributed by atoms with Crippen molar-refractivity contribution in [2.45, 2.75) is 12.3 Å². The molecule has 0 aromatic rings. The van der Waals surface area contributed by atoms with E-state index in [2.05, 4.69) is 15.0 Å². The van der Waals surface area contributed by atoms with Gasteiger partial charge in [0.05, 0.1) is 6.54 Å². The van der Waals surface area contributed by atoms with Crippen LogP contribution in [-0.4, -0.2) is 38.3 Å². The first-order valence-electron chi connectivity index (χ1n) is 3.42. The van der Waals surface area contributed by atoms with E-state index < -0.39 is 12.3 Å². The number of hydrogen-bond acceptors (Lipinski definition) is 2. The zero-order valence-corrected chi connectivity index (χ0v) is 6.48. The minimum Gasteiger partial charge on any atom is -0.369 e. The molecule has 70 valence electrons. The Morgan fingerprint density at radius 1 is 1.58 bits per heavy atom. The number of nitrogens with zero attached hydrogens (tertiary/aromatic N) is 1. The van der Waals surface area contributed by atoms with Crippen LogP contribution >= 0.6 is 0 Å². The lowest BCUT2D eigenvalue weighted by Gasteiger charge is -2.26. The number of hydrogen-bond donors (Lipinski definition) is 1. The molecule has 12 heavy (non-hydrogen) atoms. The monoisotopic (exact) mass is 182 g/mol. The summed E-state index contributed by atoms with van der Waals surface area (Å²) in [5.74, 6) is 0.454. The van der Waals surface area contributed by atoms with Crippen molar-refractivity contribution in [3.05, 3.63) is 0 Å². The number of alkyl halides is 3. The smallest absolute Gasteiger partial charge is 0.369 e. The molecule has 1 fully saturated rings. The third-order valence-corrected chi connectivity index (χ3v) is 1.55. The first-order valence-corrected chi connectivity index (χ1v) is 3.42. The lowest BCUT2D eigenvalue weighted by atomic mass is 10.3. The van der Waals surface area contributed by atoms with Crippen LogP contribution in [0.2, 0.25) is 0 Å². The molecule has 1 N–H and O–H groups in total. The van der Waals surface area contributed by atoms with Crippen LogP contribution in [0, 0.1) is 0 Å². The fraction of sp³-hybridized carbons (Fsp3) is 0.833. The van der Waals surface area contributed by atoms with Crippen molar-refractivity contribution in [3.63, 3.8) is 0 Å². The highest BCUT2D eigenvalue weighted by molar-refractivity contribution is 5.83. The molecule has 1 aliphatic heterocycles. The van der Waals surface area contributed by atoms with E-state index in [1.807, 2.05) is 0 Å². The Hall–Kier alpha value is -0.780. The van der Waals surface area contributed by atoms with Crippen molar-refractivity contribution >= 4 is 5.84 Å². The number of ether oxygens (including phenoxy) is 1. The van der Waals surface area contributed by atoms with E-state index in [1.165, 1.54) is 7.05 Å². The Bertz CT molecular complexity index is 180. The maximum absolute atomic E-state index is 12.0. The predicted molar refractivity (Wildman–Crippen MR) is 37.2 cm³/mol. The number of halogens is 3. The van der Waals surface area contributed by atoms with Gasteiger partial charge in [0.1, 0.15) is 12.4 Å². The Balaban J connectivity index is 2.47. The molecule has 1 heterocycles. The van der Waals surface area contributed by atoms with Crippen LogP contribution in [0.5, 0.6) is 0 Å². The molecule has 6 heteroatoms. The Labute approximate surface area is 67.6 Å². The van der Waals surface area contributed by atoms with Crippen molar-refractivity contribution in [3.8, 4) is 0 Å². The predicted octanol–water partition coefficient (Wildman–Crippen LogP) is 0.565. The normalized spacial score (nSPS) is 28.7. The van der Waals surface area contributed by atoms with Gasteiger partial charge >= 0.3 is 6.18 Å². The first-order chi connectivity index (χ1) is 5.54. The molecule has 0 bridgehead atoms. The largest absolute Gasteiger partial charge is 0.416 e. The molecule has 3 nitrogen and oxygen atoms in total. The van der Waals surface area contributed by atoms with Gasteiger partial charge in [-0.25, -0.2) is 0 Å². The van der Waals surface area contributed by atoms with Gasteiger partial charge in [-0.1, -0.05) is 0 Å². The summed E-state index contributed by atoms with van der Waals surface area (Å²) in [5.41, 5.74) is 0. The maximum atomic E-state index is 12.0. The SMILES string of the molecule is CN=C1COC(C(F)(F)F)CN1. The van der Waals surface area contributed by atoms with E-state index in [-0.39, 0.29) is 13.2 Å². The molecule has 0 aromatic heterocycles. The summed E-state index contributed by atoms with van der Waals surface area (Å²) in [4.78, 5) is 3.68. The van der Waals surface area contributed by atoms with E-state index in [9.17, 15) is 13.2 Å². The van der Waals surface area contributed by atoms with Gasteiger partial charge in [-0.15, -0.1) is 0 Å². The zero-order valence-electron chi connectivity index (χ0n) is 6.48. The van der Waals surface area contributed by atoms with Crippen molar-refractivity contribution in [1.82, 2.24) is 5.32 Å². The van der Waals surface area contributed by atoms with E-state index in [0.717, 1.165) is 0 Å². The second-order valence-corrected chi connectivity index (χ2v) is 2.39. The van der Waals surface area contributed by atoms with Crippen LogP contribution in [0.4, 0.5) is 13.2 Å². The maximum Gasteiger partial charge on any atom is 0.416 e. The van der Waals surface area contributed by atoms with Crippen molar-refractivity contribution in [2.75, 3.05) is 20.2 Å². The van der Waals surface area contributed by atoms with Gasteiger partial charge in [-0.3, -0.25) is 4.99 Å². The lowest BCUT2D eigenvalue weighted by Crippen LogP contribution is -2.49. The van der Waals surface area contributed by atoms with Crippen LogP contribution in [0.15, 0.2) is 4.99 Å². The van der Waals surface area contributed by atoms with Gasteiger partial charge < -0.3 is 10.1 Å². The Morgan fingerprint density at radius 2 is 2.25 bits per heavy atom. The van der Waals surface area contributed by atoms with Gasteiger partial charge in [-0.2, -0.15) is 13.2 Å². The first kappa shape index (κ1) is 9.31. The molecule has 0 spiro atoms. The Morgan fingerprint density at radius 3 is 2.58 bits per heavy atom. The summed E-state index contributed by atoms with van der Waals surface area (Å²) in [6.07, 6.45) is -5.99. The van der Waals surface area contributed by atoms with Crippen molar-refractivity contribution < 1.29 is 17.9 Å². The van der Waals surface area contributed by atoms with E-state index in [4.69, 9.17) is 0 Å². The van der Waals surface area contributed by atoms with Crippen LogP contribution in [0.3, 0.4) is 0 Å². The summed E-state index contributed by atoms with van der Waals surface area (Å²) in [7, 11) is 1.50. The van der Waals surface area contributed by atoms with Crippen LogP contribution < -0.4 is 5.32 Å². The highest BCUT2D eigenvalue weighted by atomic mass is 19.4. The van der Waals surface area contributed by atoms with E-state index in [1.54, 1.807) is 0 Å². The molecule has 0 aromatic carbocycles. The molecule has 1 aliphatic rings. The number of morpholine rings is 1. The zero-order chi connectivity index (χ0) is 9.19. The van der Waals surface area contributed by atoms with Gasteiger partial charge in [0.15, 0.2) is 6.10 Å². The lowest BCUT2D eigenvalue weighted by molar-refractivity contribution is -0.216. The molecule has 0 radical (unpaired) electrons. The van der Waals surface area contributed by atoms with Crippen LogP contribution in [0.1, 0.15) is 0 Å². The standard InChI is InChI=1S/C6H9F3N2O/c1-10-5-3-12-4(2-11-5)6(7,8)9/h4H,2-3H2,1H3,(H,10,11). The number of rotatable bonds is 0. The average Bonchev–Trinajstić information content (AvgIpc) is 2.03. The topological polar surface area (TPSA) is 33.6 Å². The highest BCUT2D eigenvalue weighted by Gasteiger charge is 2.42. The van der Waals surface area contributed by atoms with Crippen LogP contribution in [-0.2, 0) is 4.74 Å². The van der Waals surface area contributed by atoms with Gasteiger partial charge in [0.25, 0.3) is 0 Å². The summed E-state index contributed by atoms with van der Waals surface area (Å²) >= 11 is 0. The molecule has 1 unspecified atom stereocenters. The van der Waals surface area contributed by atoms with Crippen molar-refractivity contribution in [1.29, 1.82) is 0 Å². The molecule has 0 amide bonds. The molecule has 0 saturated carbocycles. The molecule has 1 rings (SSSR count). The second kappa shape index (κ2) is 3.30. The number of aliphatic imine (C=N–C) groups is 1. The minimum atomic E-state index is -4.29. The fourth-order valence-electron chi connectivity index (χ4n) is 0.854. The van der Waals surface area contributed by atoms with Gasteiger partial charge in [0, 0.05) is 7.05 Å². The molecular formula is C6H9F3N2O. The molecular weight excluding hydrogens is 173 g/mol. The summed E-state index contributed by atoms with van der Waals surface area (Å²) < 4.78 is 40.4. The third kappa shape index (κ3) is 2.10. The summed E-state index contributed by atoms with van der Waals surface area (Å²) in [5, 5.41) is 2.53. The minimum absolute atomic E-state index is 0.0966. The van der Waals surface area contributed by atoms with Gasteiger partial charge in [-0.05, 0) is 0 Å². The highest BCUT2D eigenvalue weighted by Crippen LogP contribution is 2.23. The molecule has 1 saturated heterocycles. The average molecular weight is 182 g/mol. The quantitative estimate of drug-likeness (QED) is 0.594. The molecule has 0 aliphatic carbocycles. The van der Waals surface area contributed by atoms with Crippen LogP contribution in [0.25, 0.3) is 0 Å². The third-order valence-electron chi connectivity index (χ3n) is 1.55. The van der Waals surface area contributed by atoms with Gasteiger partial charge in [0.2, 0.25) is 0 Å². The van der Waals surface area contributed by atoms with E-state index in [0.29, 0.717) is 5.84 Å². The summed E-state index contributed by atoms with van der Waals surface area (Å²) in [6, 6.07) is 0. The molecule has 1 atom stereocenters. The fourth-order valence-corrected chi connectivity index (χ4v) is 0.854. The number of amidine groups is 1. The Kier molecular flexibility index (Phi) is 2.56. The van der Waals surface area contributed by atoms with Crippen molar-refractivity contribution in [2.24, 2.45) is 4.99 Å².